The quantitative estimate of drug-likeness (QED) is 0.818. The van der Waals surface area contributed by atoms with Crippen LogP contribution in [0, 0.1) is 0 Å². The number of rotatable bonds is 5. The highest BCUT2D eigenvalue weighted by Crippen LogP contribution is 2.23. The molecule has 8 nitrogen and oxygen atoms in total. The summed E-state index contributed by atoms with van der Waals surface area (Å²) in [5.41, 5.74) is 0.105. The summed E-state index contributed by atoms with van der Waals surface area (Å²) in [4.78, 5) is 20.5. The van der Waals surface area contributed by atoms with Crippen LogP contribution in [0.25, 0.3) is 0 Å². The largest absolute Gasteiger partial charge is 0.468 e. The van der Waals surface area contributed by atoms with Gasteiger partial charge in [0, 0.05) is 30.8 Å². The van der Waals surface area contributed by atoms with Crippen LogP contribution in [-0.4, -0.2) is 51.5 Å². The summed E-state index contributed by atoms with van der Waals surface area (Å²) < 4.78 is 42.7. The minimum absolute atomic E-state index is 0.105. The van der Waals surface area contributed by atoms with E-state index < -0.39 is 18.7 Å². The van der Waals surface area contributed by atoms with Gasteiger partial charge in [-0.15, -0.1) is 0 Å². The van der Waals surface area contributed by atoms with Gasteiger partial charge in [0.2, 0.25) is 11.8 Å². The molecule has 0 saturated carbocycles. The molecule has 0 bridgehead atoms. The molecule has 0 aromatic carbocycles. The molecule has 1 fully saturated rings. The molecule has 3 heterocycles. The number of ether oxygens (including phenoxy) is 1. The van der Waals surface area contributed by atoms with E-state index in [1.54, 1.807) is 7.05 Å². The van der Waals surface area contributed by atoms with Crippen LogP contribution in [0.1, 0.15) is 34.9 Å². The fourth-order valence-corrected chi connectivity index (χ4v) is 2.73. The summed E-state index contributed by atoms with van der Waals surface area (Å²) in [5.74, 6) is 0.336. The monoisotopic (exact) mass is 384 g/mol. The molecular weight excluding hydrogens is 365 g/mol. The van der Waals surface area contributed by atoms with Gasteiger partial charge in [0.15, 0.2) is 12.4 Å². The molecule has 1 aliphatic rings. The Morgan fingerprint density at radius 3 is 2.85 bits per heavy atom. The molecule has 0 aliphatic carbocycles. The zero-order chi connectivity index (χ0) is 19.4. The summed E-state index contributed by atoms with van der Waals surface area (Å²) >= 11 is 0. The third kappa shape index (κ3) is 5.16. The molecular formula is C16H19F3N6O2. The van der Waals surface area contributed by atoms with Crippen molar-refractivity contribution in [3.8, 4) is 5.88 Å². The zero-order valence-electron chi connectivity index (χ0n) is 14.6. The van der Waals surface area contributed by atoms with Crippen LogP contribution in [0.3, 0.4) is 0 Å². The number of alkyl halides is 3. The standard InChI is InChI=1S/C16H19F3N6O2/c1-25-15(22-13(24-25)10-2-5-20-6-3-10)23-14(26)11-4-7-21-12(8-11)27-9-16(17,18)19/h4,7-8,10,20H,2-3,5-6,9H2,1H3,(H,22,23,24,26). The molecule has 146 valence electrons. The van der Waals surface area contributed by atoms with E-state index in [-0.39, 0.29) is 23.3 Å². The Morgan fingerprint density at radius 2 is 2.15 bits per heavy atom. The minimum atomic E-state index is -4.48. The van der Waals surface area contributed by atoms with Crippen LogP contribution < -0.4 is 15.4 Å². The smallest absolute Gasteiger partial charge is 0.422 e. The molecule has 0 atom stereocenters. The van der Waals surface area contributed by atoms with Crippen molar-refractivity contribution in [3.63, 3.8) is 0 Å². The molecule has 1 aliphatic heterocycles. The van der Waals surface area contributed by atoms with Gasteiger partial charge in [-0.05, 0) is 32.0 Å². The molecule has 0 radical (unpaired) electrons. The maximum absolute atomic E-state index is 12.4. The number of nitrogens with one attached hydrogen (secondary N) is 2. The second-order valence-electron chi connectivity index (χ2n) is 6.18. The molecule has 11 heteroatoms. The number of piperidine rings is 1. The first-order chi connectivity index (χ1) is 12.8. The fourth-order valence-electron chi connectivity index (χ4n) is 2.73. The Balaban J connectivity index is 1.67. The molecule has 0 spiro atoms. The zero-order valence-corrected chi connectivity index (χ0v) is 14.6. The Kier molecular flexibility index (Phi) is 5.59. The van der Waals surface area contributed by atoms with Crippen molar-refractivity contribution in [2.75, 3.05) is 25.0 Å². The lowest BCUT2D eigenvalue weighted by atomic mass is 9.98. The van der Waals surface area contributed by atoms with Crippen molar-refractivity contribution in [2.45, 2.75) is 24.9 Å². The van der Waals surface area contributed by atoms with E-state index in [0.29, 0.717) is 5.82 Å². The SMILES string of the molecule is Cn1nc(C2CCNCC2)nc1NC(=O)c1ccnc(OCC(F)(F)F)c1. The molecule has 3 rings (SSSR count). The number of hydrogen-bond donors (Lipinski definition) is 2. The number of aromatic nitrogens is 4. The van der Waals surface area contributed by atoms with Gasteiger partial charge in [-0.25, -0.2) is 9.67 Å². The Morgan fingerprint density at radius 1 is 1.41 bits per heavy atom. The number of nitrogens with zero attached hydrogens (tertiary/aromatic N) is 4. The van der Waals surface area contributed by atoms with Gasteiger partial charge in [-0.3, -0.25) is 10.1 Å². The molecule has 1 amide bonds. The van der Waals surface area contributed by atoms with Crippen molar-refractivity contribution in [1.29, 1.82) is 0 Å². The minimum Gasteiger partial charge on any atom is -0.468 e. The van der Waals surface area contributed by atoms with Crippen molar-refractivity contribution < 1.29 is 22.7 Å². The van der Waals surface area contributed by atoms with Crippen molar-refractivity contribution in [2.24, 2.45) is 7.05 Å². The third-order valence-corrected chi connectivity index (χ3v) is 4.09. The summed E-state index contributed by atoms with van der Waals surface area (Å²) in [6.07, 6.45) is -1.44. The van der Waals surface area contributed by atoms with E-state index >= 15 is 0 Å². The molecule has 2 aromatic heterocycles. The van der Waals surface area contributed by atoms with Crippen LogP contribution >= 0.6 is 0 Å². The predicted octanol–water partition coefficient (Wildman–Crippen LogP) is 1.87. The predicted molar refractivity (Wildman–Crippen MR) is 89.6 cm³/mol. The Labute approximate surface area is 153 Å². The molecule has 27 heavy (non-hydrogen) atoms. The van der Waals surface area contributed by atoms with Crippen LogP contribution in [0.4, 0.5) is 19.1 Å². The van der Waals surface area contributed by atoms with Crippen molar-refractivity contribution in [1.82, 2.24) is 25.1 Å². The van der Waals surface area contributed by atoms with Gasteiger partial charge >= 0.3 is 6.18 Å². The van der Waals surface area contributed by atoms with E-state index in [0.717, 1.165) is 32.0 Å². The average Bonchev–Trinajstić information content (AvgIpc) is 3.01. The summed E-state index contributed by atoms with van der Waals surface area (Å²) in [6.45, 7) is 0.304. The topological polar surface area (TPSA) is 94.0 Å². The normalized spacial score (nSPS) is 15.6. The Hall–Kier alpha value is -2.69. The molecule has 1 saturated heterocycles. The highest BCUT2D eigenvalue weighted by atomic mass is 19.4. The van der Waals surface area contributed by atoms with Gasteiger partial charge in [0.05, 0.1) is 0 Å². The molecule has 2 aromatic rings. The average molecular weight is 384 g/mol. The molecule has 2 N–H and O–H groups in total. The van der Waals surface area contributed by atoms with Gasteiger partial charge in [0.1, 0.15) is 0 Å². The fraction of sp³-hybridized carbons (Fsp3) is 0.500. The highest BCUT2D eigenvalue weighted by Gasteiger charge is 2.29. The number of halogens is 3. The van der Waals surface area contributed by atoms with Crippen LogP contribution in [0.2, 0.25) is 0 Å². The number of hydrogen-bond acceptors (Lipinski definition) is 6. The number of anilines is 1. The van der Waals surface area contributed by atoms with E-state index in [1.165, 1.54) is 16.9 Å². The summed E-state index contributed by atoms with van der Waals surface area (Å²) in [6, 6.07) is 2.52. The number of carbonyl (C=O) groups excluding carboxylic acids is 1. The van der Waals surface area contributed by atoms with E-state index in [2.05, 4.69) is 30.4 Å². The van der Waals surface area contributed by atoms with Gasteiger partial charge in [-0.1, -0.05) is 0 Å². The number of aryl methyl sites for hydroxylation is 1. The Bertz CT molecular complexity index is 802. The maximum Gasteiger partial charge on any atom is 0.422 e. The number of pyridine rings is 1. The van der Waals surface area contributed by atoms with Crippen molar-refractivity contribution >= 4 is 11.9 Å². The van der Waals surface area contributed by atoms with E-state index in [4.69, 9.17) is 0 Å². The lowest BCUT2D eigenvalue weighted by Crippen LogP contribution is -2.27. The first-order valence-corrected chi connectivity index (χ1v) is 8.40. The van der Waals surface area contributed by atoms with Crippen molar-refractivity contribution in [3.05, 3.63) is 29.7 Å². The summed E-state index contributed by atoms with van der Waals surface area (Å²) in [7, 11) is 1.66. The lowest BCUT2D eigenvalue weighted by molar-refractivity contribution is -0.154. The lowest BCUT2D eigenvalue weighted by Gasteiger charge is -2.19. The maximum atomic E-state index is 12.4. The van der Waals surface area contributed by atoms with Crippen LogP contribution in [0.5, 0.6) is 5.88 Å². The third-order valence-electron chi connectivity index (χ3n) is 4.09. The highest BCUT2D eigenvalue weighted by molar-refractivity contribution is 6.03. The number of amides is 1. The summed E-state index contributed by atoms with van der Waals surface area (Å²) in [5, 5.41) is 10.2. The van der Waals surface area contributed by atoms with Gasteiger partial charge in [-0.2, -0.15) is 23.3 Å². The second kappa shape index (κ2) is 7.91. The molecule has 0 unspecified atom stereocenters. The van der Waals surface area contributed by atoms with E-state index in [1.807, 2.05) is 0 Å². The second-order valence-corrected chi connectivity index (χ2v) is 6.18. The number of carbonyl (C=O) groups is 1. The van der Waals surface area contributed by atoms with Crippen LogP contribution in [0.15, 0.2) is 18.3 Å². The van der Waals surface area contributed by atoms with E-state index in [9.17, 15) is 18.0 Å². The first-order valence-electron chi connectivity index (χ1n) is 8.40. The van der Waals surface area contributed by atoms with Crippen LogP contribution in [-0.2, 0) is 7.05 Å². The first kappa shape index (κ1) is 19.1. The van der Waals surface area contributed by atoms with Gasteiger partial charge < -0.3 is 10.1 Å². The van der Waals surface area contributed by atoms with Gasteiger partial charge in [0.25, 0.3) is 5.91 Å².